The summed E-state index contributed by atoms with van der Waals surface area (Å²) in [5.41, 5.74) is 1.63. The van der Waals surface area contributed by atoms with E-state index in [4.69, 9.17) is 9.47 Å². The molecule has 0 radical (unpaired) electrons. The van der Waals surface area contributed by atoms with Gasteiger partial charge in [0.1, 0.15) is 11.9 Å². The maximum absolute atomic E-state index is 13.0. The fourth-order valence-corrected chi connectivity index (χ4v) is 3.95. The summed E-state index contributed by atoms with van der Waals surface area (Å²) in [6.45, 7) is 5.49. The Morgan fingerprint density at radius 1 is 1.20 bits per heavy atom. The number of anilines is 1. The molecule has 0 bridgehead atoms. The summed E-state index contributed by atoms with van der Waals surface area (Å²) in [6, 6.07) is 11.1. The number of carbonyl (C=O) groups is 1. The van der Waals surface area contributed by atoms with Crippen LogP contribution in [-0.4, -0.2) is 21.6 Å². The predicted octanol–water partition coefficient (Wildman–Crippen LogP) is 3.58. The van der Waals surface area contributed by atoms with Gasteiger partial charge >= 0.3 is 6.09 Å². The lowest BCUT2D eigenvalue weighted by Crippen LogP contribution is -2.41. The fourth-order valence-electron chi connectivity index (χ4n) is 2.60. The summed E-state index contributed by atoms with van der Waals surface area (Å²) in [7, 11) is -2.66. The van der Waals surface area contributed by atoms with Gasteiger partial charge in [-0.2, -0.15) is 4.31 Å². The zero-order valence-electron chi connectivity index (χ0n) is 13.8. The van der Waals surface area contributed by atoms with Crippen LogP contribution in [0.5, 0.6) is 5.75 Å². The van der Waals surface area contributed by atoms with Crippen molar-refractivity contribution >= 4 is 21.8 Å². The van der Waals surface area contributed by atoms with Crippen molar-refractivity contribution in [3.05, 3.63) is 66.2 Å². The number of rotatable bonds is 4. The minimum atomic E-state index is -4.13. The van der Waals surface area contributed by atoms with E-state index in [0.29, 0.717) is 15.6 Å². The molecule has 3 rings (SSSR count). The number of methoxy groups -OCH3 is 1. The van der Waals surface area contributed by atoms with Gasteiger partial charge in [-0.05, 0) is 37.3 Å². The van der Waals surface area contributed by atoms with Crippen LogP contribution >= 0.6 is 0 Å². The van der Waals surface area contributed by atoms with Crippen LogP contribution in [0, 0.1) is 6.92 Å². The van der Waals surface area contributed by atoms with Crippen LogP contribution in [0.15, 0.2) is 60.0 Å². The Kier molecular flexibility index (Phi) is 4.26. The molecule has 7 heteroatoms. The average Bonchev–Trinajstić information content (AvgIpc) is 2.60. The Labute approximate surface area is 146 Å². The van der Waals surface area contributed by atoms with Crippen LogP contribution in [0.2, 0.25) is 0 Å². The summed E-state index contributed by atoms with van der Waals surface area (Å²) in [4.78, 5) is 12.4. The molecule has 0 N–H and O–H groups in total. The highest BCUT2D eigenvalue weighted by Gasteiger charge is 2.40. The Bertz CT molecular complexity index is 934. The number of benzene rings is 2. The molecule has 1 atom stereocenters. The van der Waals surface area contributed by atoms with Crippen molar-refractivity contribution in [3.63, 3.8) is 0 Å². The predicted molar refractivity (Wildman–Crippen MR) is 93.3 cm³/mol. The molecule has 1 amide bonds. The van der Waals surface area contributed by atoms with E-state index in [1.807, 2.05) is 6.92 Å². The molecule has 6 nitrogen and oxygen atoms in total. The number of hydrogen-bond donors (Lipinski definition) is 0. The van der Waals surface area contributed by atoms with Crippen LogP contribution in [-0.2, 0) is 14.8 Å². The van der Waals surface area contributed by atoms with Gasteiger partial charge in [0, 0.05) is 11.6 Å². The zero-order chi connectivity index (χ0) is 18.2. The second-order valence-corrected chi connectivity index (χ2v) is 7.33. The van der Waals surface area contributed by atoms with Gasteiger partial charge in [0.2, 0.25) is 0 Å². The first-order valence-corrected chi connectivity index (χ1v) is 8.95. The first-order chi connectivity index (χ1) is 11.9. The van der Waals surface area contributed by atoms with Crippen molar-refractivity contribution in [2.24, 2.45) is 0 Å². The van der Waals surface area contributed by atoms with Gasteiger partial charge in [-0.15, -0.1) is 0 Å². The summed E-state index contributed by atoms with van der Waals surface area (Å²) in [5, 5.41) is 0. The van der Waals surface area contributed by atoms with E-state index in [-0.39, 0.29) is 10.6 Å². The molecule has 0 aliphatic carbocycles. The van der Waals surface area contributed by atoms with Crippen molar-refractivity contribution in [2.45, 2.75) is 17.9 Å². The summed E-state index contributed by atoms with van der Waals surface area (Å²) in [5.74, 6) is 0.431. The maximum Gasteiger partial charge on any atom is 0.429 e. The van der Waals surface area contributed by atoms with Crippen LogP contribution in [0.25, 0.3) is 0 Å². The topological polar surface area (TPSA) is 72.9 Å². The highest BCUT2D eigenvalue weighted by Crippen LogP contribution is 2.40. The quantitative estimate of drug-likeness (QED) is 0.780. The van der Waals surface area contributed by atoms with Gasteiger partial charge in [-0.1, -0.05) is 24.3 Å². The normalized spacial score (nSPS) is 16.8. The highest BCUT2D eigenvalue weighted by atomic mass is 32.2. The number of amides is 1. The van der Waals surface area contributed by atoms with Gasteiger partial charge in [0.15, 0.2) is 0 Å². The number of aryl methyl sites for hydroxylation is 1. The Hall–Kier alpha value is -2.80. The number of hydrogen-bond acceptors (Lipinski definition) is 5. The van der Waals surface area contributed by atoms with Crippen molar-refractivity contribution in [2.75, 3.05) is 11.4 Å². The lowest BCUT2D eigenvalue weighted by molar-refractivity contribution is 0.126. The van der Waals surface area contributed by atoms with E-state index in [0.717, 1.165) is 5.56 Å². The smallest absolute Gasteiger partial charge is 0.429 e. The molecule has 0 saturated carbocycles. The standard InChI is InChI=1S/C18H17NO5S/c1-4-17-15-10-7-13(23-3)11-16(15)19(18(20)24-17)25(21,22)14-8-5-12(2)6-9-14/h4-11,17H,1H2,2-3H3. The zero-order valence-corrected chi connectivity index (χ0v) is 14.6. The average molecular weight is 359 g/mol. The van der Waals surface area contributed by atoms with Crippen molar-refractivity contribution in [3.8, 4) is 5.75 Å². The number of sulfonamides is 1. The molecule has 0 spiro atoms. The molecule has 2 aromatic carbocycles. The van der Waals surface area contributed by atoms with Gasteiger partial charge in [-0.25, -0.2) is 13.2 Å². The molecule has 1 aliphatic rings. The second kappa shape index (κ2) is 6.25. The fraction of sp³-hybridized carbons (Fsp3) is 0.167. The summed E-state index contributed by atoms with van der Waals surface area (Å²) in [6.07, 6.45) is -0.261. The molecular formula is C18H17NO5S. The molecule has 0 saturated heterocycles. The van der Waals surface area contributed by atoms with Crippen LogP contribution in [0.3, 0.4) is 0 Å². The molecule has 1 heterocycles. The van der Waals surface area contributed by atoms with Crippen LogP contribution in [0.1, 0.15) is 17.2 Å². The lowest BCUT2D eigenvalue weighted by atomic mass is 10.1. The number of ether oxygens (including phenoxy) is 2. The van der Waals surface area contributed by atoms with Crippen LogP contribution < -0.4 is 9.04 Å². The first-order valence-electron chi connectivity index (χ1n) is 7.51. The van der Waals surface area contributed by atoms with E-state index in [9.17, 15) is 13.2 Å². The third-order valence-electron chi connectivity index (χ3n) is 3.93. The molecule has 0 aromatic heterocycles. The molecular weight excluding hydrogens is 342 g/mol. The number of carbonyl (C=O) groups excluding carboxylic acids is 1. The molecule has 25 heavy (non-hydrogen) atoms. The number of cyclic esters (lactones) is 1. The monoisotopic (exact) mass is 359 g/mol. The summed E-state index contributed by atoms with van der Waals surface area (Å²) >= 11 is 0. The highest BCUT2D eigenvalue weighted by molar-refractivity contribution is 7.93. The van der Waals surface area contributed by atoms with Gasteiger partial charge in [-0.3, -0.25) is 0 Å². The maximum atomic E-state index is 13.0. The SMILES string of the molecule is C=CC1OC(=O)N(S(=O)(=O)c2ccc(C)cc2)c2cc(OC)ccc21. The lowest BCUT2D eigenvalue weighted by Gasteiger charge is -2.32. The van der Waals surface area contributed by atoms with Gasteiger partial charge < -0.3 is 9.47 Å². The van der Waals surface area contributed by atoms with Crippen LogP contribution in [0.4, 0.5) is 10.5 Å². The molecule has 1 aliphatic heterocycles. The molecule has 2 aromatic rings. The van der Waals surface area contributed by atoms with Gasteiger partial charge in [0.25, 0.3) is 10.0 Å². The van der Waals surface area contributed by atoms with Gasteiger partial charge in [0.05, 0.1) is 17.7 Å². The van der Waals surface area contributed by atoms with E-state index in [1.165, 1.54) is 31.4 Å². The number of fused-ring (bicyclic) bond motifs is 1. The third-order valence-corrected chi connectivity index (χ3v) is 5.62. The summed E-state index contributed by atoms with van der Waals surface area (Å²) < 4.78 is 37.1. The molecule has 0 fully saturated rings. The van der Waals surface area contributed by atoms with E-state index in [1.54, 1.807) is 24.3 Å². The van der Waals surface area contributed by atoms with E-state index < -0.39 is 22.2 Å². The van der Waals surface area contributed by atoms with E-state index >= 15 is 0 Å². The Balaban J connectivity index is 2.20. The third kappa shape index (κ3) is 2.87. The molecule has 1 unspecified atom stereocenters. The molecule has 130 valence electrons. The van der Waals surface area contributed by atoms with Crippen molar-refractivity contribution < 1.29 is 22.7 Å². The second-order valence-electron chi connectivity index (χ2n) is 5.55. The van der Waals surface area contributed by atoms with Crippen molar-refractivity contribution in [1.82, 2.24) is 0 Å². The number of nitrogens with zero attached hydrogens (tertiary/aromatic N) is 1. The van der Waals surface area contributed by atoms with E-state index in [2.05, 4.69) is 6.58 Å². The largest absolute Gasteiger partial charge is 0.497 e. The minimum absolute atomic E-state index is 0.000808. The van der Waals surface area contributed by atoms with Crippen molar-refractivity contribution in [1.29, 1.82) is 0 Å². The minimum Gasteiger partial charge on any atom is -0.497 e. The Morgan fingerprint density at radius 3 is 2.48 bits per heavy atom. The Morgan fingerprint density at radius 2 is 1.88 bits per heavy atom. The first kappa shape index (κ1) is 17.0.